The van der Waals surface area contributed by atoms with Crippen LogP contribution >= 0.6 is 0 Å². The fraction of sp³-hybridized carbons (Fsp3) is 0.118. The highest BCUT2D eigenvalue weighted by Gasteiger charge is 2.22. The van der Waals surface area contributed by atoms with Crippen LogP contribution in [0, 0.1) is 6.92 Å². The van der Waals surface area contributed by atoms with Gasteiger partial charge in [-0.15, -0.1) is 0 Å². The molecule has 0 saturated carbocycles. The third kappa shape index (κ3) is 2.72. The van der Waals surface area contributed by atoms with E-state index in [1.807, 2.05) is 13.0 Å². The minimum absolute atomic E-state index is 0.159. The smallest absolute Gasteiger partial charge is 0.234 e. The average Bonchev–Trinajstić information content (AvgIpc) is 2.45. The van der Waals surface area contributed by atoms with Gasteiger partial charge in [0.25, 0.3) is 0 Å². The predicted molar refractivity (Wildman–Crippen MR) is 76.3 cm³/mol. The molecule has 0 saturated heterocycles. The molecule has 0 atom stereocenters. The van der Waals surface area contributed by atoms with Crippen LogP contribution < -0.4 is 0 Å². The summed E-state index contributed by atoms with van der Waals surface area (Å²) < 4.78 is 0. The van der Waals surface area contributed by atoms with Crippen LogP contribution in [-0.4, -0.2) is 17.3 Å². The van der Waals surface area contributed by atoms with E-state index >= 15 is 0 Å². The zero-order valence-corrected chi connectivity index (χ0v) is 11.3. The van der Waals surface area contributed by atoms with E-state index in [9.17, 15) is 14.4 Å². The minimum atomic E-state index is -0.651. The normalized spacial score (nSPS) is 10.1. The number of hydrogen-bond donors (Lipinski definition) is 0. The molecular weight excluding hydrogens is 252 g/mol. The molecule has 0 aliphatic heterocycles. The van der Waals surface area contributed by atoms with Gasteiger partial charge in [0.15, 0.2) is 5.78 Å². The van der Waals surface area contributed by atoms with Crippen molar-refractivity contribution in [2.24, 2.45) is 0 Å². The lowest BCUT2D eigenvalue weighted by atomic mass is 9.95. The topological polar surface area (TPSA) is 51.2 Å². The molecule has 0 unspecified atom stereocenters. The molecule has 0 fully saturated rings. The average molecular weight is 266 g/mol. The van der Waals surface area contributed by atoms with Gasteiger partial charge in [0.2, 0.25) is 11.6 Å². The van der Waals surface area contributed by atoms with Crippen LogP contribution in [0.4, 0.5) is 0 Å². The van der Waals surface area contributed by atoms with E-state index in [0.29, 0.717) is 5.56 Å². The third-order valence-electron chi connectivity index (χ3n) is 3.04. The summed E-state index contributed by atoms with van der Waals surface area (Å²) in [6.07, 6.45) is 0. The fourth-order valence-corrected chi connectivity index (χ4v) is 2.03. The molecule has 3 heteroatoms. The van der Waals surface area contributed by atoms with Crippen LogP contribution in [0.25, 0.3) is 0 Å². The van der Waals surface area contributed by atoms with Crippen LogP contribution in [-0.2, 0) is 0 Å². The Bertz CT molecular complexity index is 699. The molecule has 20 heavy (non-hydrogen) atoms. The zero-order valence-electron chi connectivity index (χ0n) is 11.3. The van der Waals surface area contributed by atoms with E-state index in [1.165, 1.54) is 13.0 Å². The monoisotopic (exact) mass is 266 g/mol. The lowest BCUT2D eigenvalue weighted by Crippen LogP contribution is -2.17. The van der Waals surface area contributed by atoms with Crippen molar-refractivity contribution in [3.63, 3.8) is 0 Å². The van der Waals surface area contributed by atoms with Crippen LogP contribution in [0.5, 0.6) is 0 Å². The van der Waals surface area contributed by atoms with E-state index in [-0.39, 0.29) is 16.9 Å². The zero-order chi connectivity index (χ0) is 14.7. The number of Topliss-reactive ketones (excluding diaryl/α,β-unsaturated/α-hetero) is 3. The Labute approximate surface area is 117 Å². The lowest BCUT2D eigenvalue weighted by molar-refractivity contribution is 0.0815. The second-order valence-corrected chi connectivity index (χ2v) is 4.63. The number of carbonyl (C=O) groups is 3. The summed E-state index contributed by atoms with van der Waals surface area (Å²) in [5, 5.41) is 0. The Kier molecular flexibility index (Phi) is 3.89. The highest BCUT2D eigenvalue weighted by Crippen LogP contribution is 2.14. The summed E-state index contributed by atoms with van der Waals surface area (Å²) in [6, 6.07) is 13.2. The second-order valence-electron chi connectivity index (χ2n) is 4.63. The van der Waals surface area contributed by atoms with Gasteiger partial charge in [0.05, 0.1) is 0 Å². The molecule has 0 aliphatic carbocycles. The molecule has 2 aromatic rings. The predicted octanol–water partition coefficient (Wildman–Crippen LogP) is 3.26. The van der Waals surface area contributed by atoms with E-state index in [2.05, 4.69) is 0 Å². The number of benzene rings is 2. The van der Waals surface area contributed by atoms with Gasteiger partial charge in [-0.1, -0.05) is 48.0 Å². The molecule has 3 nitrogen and oxygen atoms in total. The summed E-state index contributed by atoms with van der Waals surface area (Å²) >= 11 is 0. The van der Waals surface area contributed by atoms with Gasteiger partial charge in [-0.3, -0.25) is 14.4 Å². The van der Waals surface area contributed by atoms with Crippen molar-refractivity contribution in [1.29, 1.82) is 0 Å². The van der Waals surface area contributed by atoms with E-state index in [0.717, 1.165) is 5.56 Å². The summed E-state index contributed by atoms with van der Waals surface area (Å²) in [5.41, 5.74) is 1.68. The maximum Gasteiger partial charge on any atom is 0.234 e. The van der Waals surface area contributed by atoms with Crippen LogP contribution in [0.3, 0.4) is 0 Å². The maximum absolute atomic E-state index is 12.3. The minimum Gasteiger partial charge on any atom is -0.294 e. The van der Waals surface area contributed by atoms with Gasteiger partial charge < -0.3 is 0 Å². The molecule has 2 rings (SSSR count). The van der Waals surface area contributed by atoms with Gasteiger partial charge in [0.1, 0.15) is 0 Å². The molecule has 0 bridgehead atoms. The molecule has 0 aliphatic rings. The van der Waals surface area contributed by atoms with Gasteiger partial charge in [-0.2, -0.15) is 0 Å². The summed E-state index contributed by atoms with van der Waals surface area (Å²) in [6.45, 7) is 3.23. The lowest BCUT2D eigenvalue weighted by Gasteiger charge is -2.05. The molecule has 0 spiro atoms. The Balaban J connectivity index is 2.42. The molecule has 0 heterocycles. The first kappa shape index (κ1) is 13.9. The maximum atomic E-state index is 12.3. The van der Waals surface area contributed by atoms with Crippen LogP contribution in [0.1, 0.15) is 43.6 Å². The fourth-order valence-electron chi connectivity index (χ4n) is 2.03. The van der Waals surface area contributed by atoms with E-state index in [1.54, 1.807) is 36.4 Å². The van der Waals surface area contributed by atoms with Crippen LogP contribution in [0.15, 0.2) is 48.5 Å². The number of ketones is 3. The summed E-state index contributed by atoms with van der Waals surface area (Å²) in [7, 11) is 0. The first-order valence-electron chi connectivity index (χ1n) is 6.26. The number of hydrogen-bond acceptors (Lipinski definition) is 3. The SMILES string of the molecule is CC(=O)c1ccccc1C(=O)C(=O)c1cccc(C)c1. The summed E-state index contributed by atoms with van der Waals surface area (Å²) in [5.74, 6) is -1.48. The molecule has 100 valence electrons. The standard InChI is InChI=1S/C17H14O3/c1-11-6-5-7-13(10-11)16(19)17(20)15-9-4-3-8-14(15)12(2)18/h3-10H,1-2H3. The Hall–Kier alpha value is -2.55. The van der Waals surface area contributed by atoms with Gasteiger partial charge in [0, 0.05) is 16.7 Å². The highest BCUT2D eigenvalue weighted by molar-refractivity contribution is 6.50. The quantitative estimate of drug-likeness (QED) is 0.630. The first-order valence-corrected chi connectivity index (χ1v) is 6.26. The Morgan fingerprint density at radius 3 is 2.05 bits per heavy atom. The second kappa shape index (κ2) is 5.61. The van der Waals surface area contributed by atoms with Gasteiger partial charge in [-0.25, -0.2) is 0 Å². The Morgan fingerprint density at radius 1 is 0.800 bits per heavy atom. The van der Waals surface area contributed by atoms with Gasteiger partial charge >= 0.3 is 0 Å². The first-order chi connectivity index (χ1) is 9.50. The number of aryl methyl sites for hydroxylation is 1. The van der Waals surface area contributed by atoms with Gasteiger partial charge in [-0.05, 0) is 19.9 Å². The van der Waals surface area contributed by atoms with Crippen molar-refractivity contribution >= 4 is 17.3 Å². The highest BCUT2D eigenvalue weighted by atomic mass is 16.2. The molecule has 0 amide bonds. The molecular formula is C17H14O3. The van der Waals surface area contributed by atoms with Crippen molar-refractivity contribution in [2.75, 3.05) is 0 Å². The summed E-state index contributed by atoms with van der Waals surface area (Å²) in [4.78, 5) is 36.0. The van der Waals surface area contributed by atoms with Crippen molar-refractivity contribution < 1.29 is 14.4 Å². The van der Waals surface area contributed by atoms with Crippen LogP contribution in [0.2, 0.25) is 0 Å². The van der Waals surface area contributed by atoms with Crippen molar-refractivity contribution in [3.05, 3.63) is 70.8 Å². The largest absolute Gasteiger partial charge is 0.294 e. The van der Waals surface area contributed by atoms with E-state index < -0.39 is 11.6 Å². The molecule has 0 N–H and O–H groups in total. The van der Waals surface area contributed by atoms with E-state index in [4.69, 9.17) is 0 Å². The van der Waals surface area contributed by atoms with Crippen molar-refractivity contribution in [2.45, 2.75) is 13.8 Å². The number of rotatable bonds is 4. The van der Waals surface area contributed by atoms with Crippen molar-refractivity contribution in [3.8, 4) is 0 Å². The molecule has 0 radical (unpaired) electrons. The van der Waals surface area contributed by atoms with Crippen molar-refractivity contribution in [1.82, 2.24) is 0 Å². The molecule has 2 aromatic carbocycles. The third-order valence-corrected chi connectivity index (χ3v) is 3.04. The Morgan fingerprint density at radius 2 is 1.45 bits per heavy atom. The number of carbonyl (C=O) groups excluding carboxylic acids is 3. The molecule has 0 aromatic heterocycles.